The molecule has 0 fully saturated rings. The van der Waals surface area contributed by atoms with Gasteiger partial charge < -0.3 is 24.7 Å². The minimum Gasteiger partial charge on any atom is -0.497 e. The number of halogens is 2. The number of rotatable bonds is 7. The molecular weight excluding hydrogens is 464 g/mol. The molecule has 0 saturated carbocycles. The van der Waals surface area contributed by atoms with Gasteiger partial charge in [-0.2, -0.15) is 14.0 Å². The van der Waals surface area contributed by atoms with E-state index in [9.17, 15) is 23.6 Å². The molecule has 35 heavy (non-hydrogen) atoms. The highest BCUT2D eigenvalue weighted by Crippen LogP contribution is 2.46. The summed E-state index contributed by atoms with van der Waals surface area (Å²) < 4.78 is 46.1. The first-order chi connectivity index (χ1) is 16.8. The lowest BCUT2D eigenvalue weighted by Gasteiger charge is -2.36. The second kappa shape index (κ2) is 10.6. The van der Waals surface area contributed by atoms with Gasteiger partial charge in [-0.1, -0.05) is 30.3 Å². The average molecular weight is 485 g/mol. The van der Waals surface area contributed by atoms with Gasteiger partial charge in [-0.15, -0.1) is 0 Å². The number of methoxy groups -OCH3 is 3. The van der Waals surface area contributed by atoms with Gasteiger partial charge in [-0.3, -0.25) is 4.90 Å². The summed E-state index contributed by atoms with van der Waals surface area (Å²) in [5.41, 5.74) is 5.81. The molecule has 0 aromatic heterocycles. The molecule has 11 heteroatoms. The maximum Gasteiger partial charge on any atom is 0.387 e. The normalized spacial score (nSPS) is 15.6. The molecule has 182 valence electrons. The van der Waals surface area contributed by atoms with Crippen molar-refractivity contribution in [3.05, 3.63) is 76.8 Å². The fourth-order valence-corrected chi connectivity index (χ4v) is 3.76. The predicted octanol–water partition coefficient (Wildman–Crippen LogP) is 3.19. The zero-order valence-electron chi connectivity index (χ0n) is 19.0. The van der Waals surface area contributed by atoms with E-state index in [1.165, 1.54) is 25.3 Å². The molecule has 2 aromatic carbocycles. The summed E-state index contributed by atoms with van der Waals surface area (Å²) in [7, 11) is 3.51. The van der Waals surface area contributed by atoms with Crippen molar-refractivity contribution >= 4 is 17.6 Å². The molecule has 1 atom stereocenters. The first-order valence-electron chi connectivity index (χ1n) is 10.1. The van der Waals surface area contributed by atoms with Gasteiger partial charge in [-0.25, -0.2) is 9.59 Å². The predicted molar refractivity (Wildman–Crippen MR) is 119 cm³/mol. The average Bonchev–Trinajstić information content (AvgIpc) is 2.87. The summed E-state index contributed by atoms with van der Waals surface area (Å²) in [6, 6.07) is 14.1. The lowest BCUT2D eigenvalue weighted by molar-refractivity contribution is -0.139. The first kappa shape index (κ1) is 25.0. The van der Waals surface area contributed by atoms with Gasteiger partial charge in [0.05, 0.1) is 50.2 Å². The summed E-state index contributed by atoms with van der Waals surface area (Å²) in [4.78, 5) is 27.1. The van der Waals surface area contributed by atoms with E-state index in [1.807, 2.05) is 6.07 Å². The molecule has 1 unspecified atom stereocenters. The fraction of sp³-hybridized carbons (Fsp3) is 0.208. The maximum atomic E-state index is 13.2. The Balaban J connectivity index is 2.45. The molecule has 3 rings (SSSR count). The summed E-state index contributed by atoms with van der Waals surface area (Å²) in [5.74, 6) is -3.60. The van der Waals surface area contributed by atoms with Crippen LogP contribution in [0.2, 0.25) is 0 Å². The first-order valence-corrected chi connectivity index (χ1v) is 10.1. The molecule has 1 aliphatic heterocycles. The number of carbonyl (C=O) groups excluding carboxylic acids is 2. The highest BCUT2D eigenvalue weighted by atomic mass is 19.3. The molecule has 2 aromatic rings. The van der Waals surface area contributed by atoms with Crippen LogP contribution in [-0.2, 0) is 19.1 Å². The van der Waals surface area contributed by atoms with Crippen LogP contribution in [0.4, 0.5) is 14.5 Å². The van der Waals surface area contributed by atoms with E-state index in [0.29, 0.717) is 5.56 Å². The van der Waals surface area contributed by atoms with Crippen molar-refractivity contribution in [2.75, 3.05) is 26.2 Å². The van der Waals surface area contributed by atoms with Gasteiger partial charge in [0.2, 0.25) is 0 Å². The van der Waals surface area contributed by atoms with Crippen LogP contribution in [-0.4, -0.2) is 39.9 Å². The third kappa shape index (κ3) is 4.72. The van der Waals surface area contributed by atoms with Crippen molar-refractivity contribution in [3.8, 4) is 17.6 Å². The third-order valence-corrected chi connectivity index (χ3v) is 5.23. The number of hydrogen-bond donors (Lipinski definition) is 1. The third-order valence-electron chi connectivity index (χ3n) is 5.23. The quantitative estimate of drug-likeness (QED) is 0.589. The van der Waals surface area contributed by atoms with Crippen LogP contribution in [0.1, 0.15) is 11.5 Å². The number of allylic oxidation sites excluding steroid dienone is 1. The summed E-state index contributed by atoms with van der Waals surface area (Å²) in [6.45, 7) is -3.23. The Morgan fingerprint density at radius 2 is 1.71 bits per heavy atom. The lowest BCUT2D eigenvalue weighted by Crippen LogP contribution is -2.41. The minimum absolute atomic E-state index is 0.130. The topological polar surface area (TPSA) is 124 Å². The number of anilines is 1. The summed E-state index contributed by atoms with van der Waals surface area (Å²) >= 11 is 0. The molecule has 1 heterocycles. The minimum atomic E-state index is -3.23. The van der Waals surface area contributed by atoms with Crippen molar-refractivity contribution in [2.24, 2.45) is 5.73 Å². The maximum absolute atomic E-state index is 13.2. The highest BCUT2D eigenvalue weighted by molar-refractivity contribution is 6.06. The second-order valence-electron chi connectivity index (χ2n) is 7.05. The number of benzene rings is 2. The van der Waals surface area contributed by atoms with E-state index in [2.05, 4.69) is 4.74 Å². The molecule has 2 N–H and O–H groups in total. The Hall–Kier alpha value is -4.59. The molecular formula is C24H21F2N3O6. The fourth-order valence-electron chi connectivity index (χ4n) is 3.76. The highest BCUT2D eigenvalue weighted by Gasteiger charge is 2.43. The van der Waals surface area contributed by atoms with Gasteiger partial charge in [0, 0.05) is 6.07 Å². The van der Waals surface area contributed by atoms with Crippen LogP contribution in [0.15, 0.2) is 71.2 Å². The van der Waals surface area contributed by atoms with Crippen LogP contribution in [0.25, 0.3) is 0 Å². The molecule has 0 aliphatic carbocycles. The van der Waals surface area contributed by atoms with Gasteiger partial charge >= 0.3 is 18.6 Å². The zero-order chi connectivity index (χ0) is 25.7. The second-order valence-corrected chi connectivity index (χ2v) is 7.05. The van der Waals surface area contributed by atoms with Gasteiger partial charge in [0.1, 0.15) is 23.0 Å². The standard InChI is InChI=1S/C24H21F2N3O6/c1-32-14-9-10-17(35-24(25)26)16(11-14)29-20(23(31)34-3)19(22(30)33-2)18(15(12-27)21(29)28)13-7-5-4-6-8-13/h4-11,18,24H,28H2,1-3H3. The van der Waals surface area contributed by atoms with Crippen molar-refractivity contribution in [1.82, 2.24) is 0 Å². The SMILES string of the molecule is COC(=O)C1=C(C(=O)OC)N(c2cc(OC)ccc2OC(F)F)C(N)=C(C#N)C1c1ccccc1. The molecule has 0 bridgehead atoms. The Bertz CT molecular complexity index is 1240. The van der Waals surface area contributed by atoms with E-state index >= 15 is 0 Å². The van der Waals surface area contributed by atoms with Crippen molar-refractivity contribution < 1.29 is 37.3 Å². The number of hydrogen-bond acceptors (Lipinski definition) is 9. The number of nitrogens with zero attached hydrogens (tertiary/aromatic N) is 2. The summed E-state index contributed by atoms with van der Waals surface area (Å²) in [6.07, 6.45) is 0. The molecule has 0 amide bonds. The molecule has 1 aliphatic rings. The van der Waals surface area contributed by atoms with Gasteiger partial charge in [0.15, 0.2) is 0 Å². The Kier molecular flexibility index (Phi) is 7.56. The van der Waals surface area contributed by atoms with E-state index in [1.54, 1.807) is 30.3 Å². The Labute approximate surface area is 199 Å². The van der Waals surface area contributed by atoms with Crippen LogP contribution in [0.3, 0.4) is 0 Å². The number of carbonyl (C=O) groups is 2. The number of nitrogens with two attached hydrogens (primary N) is 1. The lowest BCUT2D eigenvalue weighted by atomic mass is 9.81. The van der Waals surface area contributed by atoms with E-state index < -0.39 is 35.9 Å². The Morgan fingerprint density at radius 1 is 1.06 bits per heavy atom. The van der Waals surface area contributed by atoms with E-state index in [0.717, 1.165) is 19.1 Å². The van der Waals surface area contributed by atoms with Gasteiger partial charge in [0.25, 0.3) is 0 Å². The van der Waals surface area contributed by atoms with Crippen LogP contribution < -0.4 is 20.1 Å². The largest absolute Gasteiger partial charge is 0.497 e. The number of nitriles is 1. The molecule has 0 saturated heterocycles. The van der Waals surface area contributed by atoms with E-state index in [-0.39, 0.29) is 28.4 Å². The van der Waals surface area contributed by atoms with Crippen LogP contribution in [0.5, 0.6) is 11.5 Å². The zero-order valence-corrected chi connectivity index (χ0v) is 19.0. The molecule has 9 nitrogen and oxygen atoms in total. The molecule has 0 spiro atoms. The van der Waals surface area contributed by atoms with E-state index in [4.69, 9.17) is 19.9 Å². The van der Waals surface area contributed by atoms with Crippen molar-refractivity contribution in [2.45, 2.75) is 12.5 Å². The smallest absolute Gasteiger partial charge is 0.387 e. The summed E-state index contributed by atoms with van der Waals surface area (Å²) in [5, 5.41) is 10.0. The van der Waals surface area contributed by atoms with Crippen LogP contribution in [0, 0.1) is 11.3 Å². The number of alkyl halides is 2. The molecule has 0 radical (unpaired) electrons. The van der Waals surface area contributed by atoms with Gasteiger partial charge in [-0.05, 0) is 17.7 Å². The monoisotopic (exact) mass is 485 g/mol. The van der Waals surface area contributed by atoms with Crippen LogP contribution >= 0.6 is 0 Å². The van der Waals surface area contributed by atoms with Crippen molar-refractivity contribution in [1.29, 1.82) is 5.26 Å². The Morgan fingerprint density at radius 3 is 2.26 bits per heavy atom. The number of esters is 2. The van der Waals surface area contributed by atoms with Crippen molar-refractivity contribution in [3.63, 3.8) is 0 Å². The number of ether oxygens (including phenoxy) is 4.